The van der Waals surface area contributed by atoms with E-state index in [4.69, 9.17) is 9.47 Å². The van der Waals surface area contributed by atoms with E-state index in [9.17, 15) is 4.79 Å². The van der Waals surface area contributed by atoms with Crippen molar-refractivity contribution in [3.63, 3.8) is 0 Å². The lowest BCUT2D eigenvalue weighted by Crippen LogP contribution is -2.08. The predicted octanol–water partition coefficient (Wildman–Crippen LogP) is 6.87. The Labute approximate surface area is 171 Å². The number of hydrogen-bond acceptors (Lipinski definition) is 3. The van der Waals surface area contributed by atoms with E-state index >= 15 is 0 Å². The average Bonchev–Trinajstić information content (AvgIpc) is 2.64. The van der Waals surface area contributed by atoms with E-state index in [0.717, 1.165) is 20.1 Å². The molecule has 0 aromatic heterocycles. The second-order valence-electron chi connectivity index (χ2n) is 5.43. The highest BCUT2D eigenvalue weighted by molar-refractivity contribution is 9.10. The van der Waals surface area contributed by atoms with Crippen LogP contribution in [0.5, 0.6) is 0 Å². The van der Waals surface area contributed by atoms with Crippen LogP contribution >= 0.6 is 31.9 Å². The van der Waals surface area contributed by atoms with E-state index < -0.39 is 6.16 Å². The minimum atomic E-state index is -0.626. The van der Waals surface area contributed by atoms with Gasteiger partial charge in [-0.2, -0.15) is 0 Å². The fourth-order valence-corrected chi connectivity index (χ4v) is 2.58. The molecule has 0 atom stereocenters. The standard InChI is InChI=1S/C21H20Br2O3/c22-19-11-7-17(8-12-19)5-1-3-15-25-21(24)26-16-4-2-6-18-9-13-20(23)14-10-18/h1-2,5-14H,3-4,15-16H2/b5-1+,6-2+. The van der Waals surface area contributed by atoms with E-state index in [-0.39, 0.29) is 0 Å². The van der Waals surface area contributed by atoms with Gasteiger partial charge in [0.1, 0.15) is 0 Å². The molecule has 2 rings (SSSR count). The van der Waals surface area contributed by atoms with E-state index in [1.165, 1.54) is 0 Å². The number of carbonyl (C=O) groups is 1. The number of halogens is 2. The summed E-state index contributed by atoms with van der Waals surface area (Å²) in [6.07, 6.45) is 8.60. The van der Waals surface area contributed by atoms with Crippen molar-refractivity contribution in [2.45, 2.75) is 12.8 Å². The van der Waals surface area contributed by atoms with Crippen molar-refractivity contribution >= 4 is 50.2 Å². The lowest BCUT2D eigenvalue weighted by atomic mass is 10.2. The molecule has 0 amide bonds. The van der Waals surface area contributed by atoms with Crippen molar-refractivity contribution < 1.29 is 14.3 Å². The summed E-state index contributed by atoms with van der Waals surface area (Å²) >= 11 is 6.80. The average molecular weight is 480 g/mol. The van der Waals surface area contributed by atoms with Crippen LogP contribution in [-0.4, -0.2) is 19.4 Å². The molecule has 0 aliphatic heterocycles. The van der Waals surface area contributed by atoms with Crippen molar-refractivity contribution in [2.75, 3.05) is 13.2 Å². The van der Waals surface area contributed by atoms with Crippen molar-refractivity contribution in [1.29, 1.82) is 0 Å². The first kappa shape index (κ1) is 20.5. The molecule has 0 radical (unpaired) electrons. The van der Waals surface area contributed by atoms with Crippen molar-refractivity contribution in [3.05, 3.63) is 80.8 Å². The zero-order valence-electron chi connectivity index (χ0n) is 14.2. The summed E-state index contributed by atoms with van der Waals surface area (Å²) in [5, 5.41) is 0. The number of rotatable bonds is 8. The second kappa shape index (κ2) is 11.7. The van der Waals surface area contributed by atoms with Crippen LogP contribution in [0.3, 0.4) is 0 Å². The van der Waals surface area contributed by atoms with Gasteiger partial charge < -0.3 is 9.47 Å². The molecule has 0 bridgehead atoms. The molecule has 3 nitrogen and oxygen atoms in total. The quantitative estimate of drug-likeness (QED) is 0.306. The Balaban J connectivity index is 1.54. The summed E-state index contributed by atoms with van der Waals surface area (Å²) in [5.74, 6) is 0. The van der Waals surface area contributed by atoms with Crippen molar-refractivity contribution in [2.24, 2.45) is 0 Å². The zero-order valence-corrected chi connectivity index (χ0v) is 17.4. The fourth-order valence-electron chi connectivity index (χ4n) is 2.05. The predicted molar refractivity (Wildman–Crippen MR) is 113 cm³/mol. The highest BCUT2D eigenvalue weighted by Gasteiger charge is 2.01. The Morgan fingerprint density at radius 3 is 1.50 bits per heavy atom. The van der Waals surface area contributed by atoms with E-state index in [0.29, 0.717) is 26.1 Å². The third kappa shape index (κ3) is 8.50. The van der Waals surface area contributed by atoms with E-state index in [2.05, 4.69) is 31.9 Å². The van der Waals surface area contributed by atoms with Crippen molar-refractivity contribution in [1.82, 2.24) is 0 Å². The van der Waals surface area contributed by atoms with Gasteiger partial charge in [0.15, 0.2) is 0 Å². The van der Waals surface area contributed by atoms with Crippen LogP contribution in [0.1, 0.15) is 24.0 Å². The molecule has 0 spiro atoms. The summed E-state index contributed by atoms with van der Waals surface area (Å²) in [6.45, 7) is 0.612. The molecular weight excluding hydrogens is 460 g/mol. The highest BCUT2D eigenvalue weighted by atomic mass is 79.9. The lowest BCUT2D eigenvalue weighted by Gasteiger charge is -2.03. The Hall–Kier alpha value is -1.85. The summed E-state index contributed by atoms with van der Waals surface area (Å²) in [5.41, 5.74) is 2.21. The van der Waals surface area contributed by atoms with E-state index in [1.807, 2.05) is 72.8 Å². The van der Waals surface area contributed by atoms with Gasteiger partial charge in [0.25, 0.3) is 0 Å². The minimum absolute atomic E-state index is 0.306. The van der Waals surface area contributed by atoms with E-state index in [1.54, 1.807) is 0 Å². The van der Waals surface area contributed by atoms with Gasteiger partial charge in [-0.1, -0.05) is 80.4 Å². The summed E-state index contributed by atoms with van der Waals surface area (Å²) < 4.78 is 12.2. The molecule has 0 aliphatic rings. The molecule has 26 heavy (non-hydrogen) atoms. The van der Waals surface area contributed by atoms with Gasteiger partial charge in [-0.05, 0) is 35.4 Å². The molecule has 2 aromatic carbocycles. The number of carbonyl (C=O) groups excluding carboxylic acids is 1. The monoisotopic (exact) mass is 478 g/mol. The van der Waals surface area contributed by atoms with Crippen LogP contribution < -0.4 is 0 Å². The highest BCUT2D eigenvalue weighted by Crippen LogP contribution is 2.12. The normalized spacial score (nSPS) is 11.2. The first-order chi connectivity index (χ1) is 12.6. The third-order valence-corrected chi connectivity index (χ3v) is 4.43. The number of ether oxygens (including phenoxy) is 2. The largest absolute Gasteiger partial charge is 0.508 e. The summed E-state index contributed by atoms with van der Waals surface area (Å²) in [4.78, 5) is 11.5. The Morgan fingerprint density at radius 1 is 0.731 bits per heavy atom. The van der Waals surface area contributed by atoms with Crippen LogP contribution in [0.4, 0.5) is 4.79 Å². The van der Waals surface area contributed by atoms with Gasteiger partial charge in [0.05, 0.1) is 13.2 Å². The van der Waals surface area contributed by atoms with Crippen molar-refractivity contribution in [3.8, 4) is 0 Å². The van der Waals surface area contributed by atoms with Gasteiger partial charge in [-0.3, -0.25) is 0 Å². The Morgan fingerprint density at radius 2 is 1.12 bits per heavy atom. The maximum Gasteiger partial charge on any atom is 0.508 e. The van der Waals surface area contributed by atoms with Crippen LogP contribution in [0, 0.1) is 0 Å². The van der Waals surface area contributed by atoms with Gasteiger partial charge in [-0.25, -0.2) is 4.79 Å². The summed E-state index contributed by atoms with van der Waals surface area (Å²) in [6, 6.07) is 16.0. The Bertz CT molecular complexity index is 671. The molecular formula is C21H20Br2O3. The topological polar surface area (TPSA) is 35.5 Å². The molecule has 5 heteroatoms. The third-order valence-electron chi connectivity index (χ3n) is 3.37. The molecule has 0 saturated carbocycles. The molecule has 0 fully saturated rings. The first-order valence-electron chi connectivity index (χ1n) is 8.27. The SMILES string of the molecule is O=C(OCC/C=C/c1ccc(Br)cc1)OCC/C=C/c1ccc(Br)cc1. The van der Waals surface area contributed by atoms with Gasteiger partial charge >= 0.3 is 6.16 Å². The van der Waals surface area contributed by atoms with Gasteiger partial charge in [-0.15, -0.1) is 0 Å². The molecule has 0 N–H and O–H groups in total. The van der Waals surface area contributed by atoms with Crippen LogP contribution in [0.25, 0.3) is 12.2 Å². The smallest absolute Gasteiger partial charge is 0.434 e. The van der Waals surface area contributed by atoms with Gasteiger partial charge in [0.2, 0.25) is 0 Å². The fraction of sp³-hybridized carbons (Fsp3) is 0.190. The molecule has 0 saturated heterocycles. The van der Waals surface area contributed by atoms with Crippen LogP contribution in [-0.2, 0) is 9.47 Å². The molecule has 0 aliphatic carbocycles. The van der Waals surface area contributed by atoms with Gasteiger partial charge in [0, 0.05) is 21.8 Å². The zero-order chi connectivity index (χ0) is 18.6. The maximum atomic E-state index is 11.5. The summed E-state index contributed by atoms with van der Waals surface area (Å²) in [7, 11) is 0. The molecule has 2 aromatic rings. The minimum Gasteiger partial charge on any atom is -0.434 e. The first-order valence-corrected chi connectivity index (χ1v) is 9.86. The number of benzene rings is 2. The lowest BCUT2D eigenvalue weighted by molar-refractivity contribution is 0.0578. The maximum absolute atomic E-state index is 11.5. The van der Waals surface area contributed by atoms with Crippen LogP contribution in [0.2, 0.25) is 0 Å². The second-order valence-corrected chi connectivity index (χ2v) is 7.26. The molecule has 136 valence electrons. The van der Waals surface area contributed by atoms with Crippen LogP contribution in [0.15, 0.2) is 69.6 Å². The molecule has 0 unspecified atom stereocenters. The molecule has 0 heterocycles. The number of hydrogen-bond donors (Lipinski definition) is 0. The Kier molecular flexibility index (Phi) is 9.21.